The highest BCUT2D eigenvalue weighted by atomic mass is 35.5. The zero-order valence-corrected chi connectivity index (χ0v) is 13.4. The van der Waals surface area contributed by atoms with Crippen molar-refractivity contribution in [2.24, 2.45) is 5.73 Å². The molecule has 0 saturated heterocycles. The van der Waals surface area contributed by atoms with Crippen molar-refractivity contribution in [2.75, 3.05) is 6.61 Å². The molecule has 1 amide bonds. The van der Waals surface area contributed by atoms with Crippen molar-refractivity contribution >= 4 is 17.5 Å². The topological polar surface area (TPSA) is 65.2 Å². The third-order valence-electron chi connectivity index (χ3n) is 4.04. The van der Waals surface area contributed by atoms with Crippen LogP contribution in [0.2, 0.25) is 5.02 Å². The van der Waals surface area contributed by atoms with E-state index < -0.39 is 5.91 Å². The van der Waals surface area contributed by atoms with Crippen LogP contribution < -0.4 is 10.5 Å². The summed E-state index contributed by atoms with van der Waals surface area (Å²) in [4.78, 5) is 15.9. The summed E-state index contributed by atoms with van der Waals surface area (Å²) < 4.78 is 19.4. The smallest absolute Gasteiger partial charge is 0.254 e. The molecule has 0 unspecified atom stereocenters. The summed E-state index contributed by atoms with van der Waals surface area (Å²) in [5, 5.41) is 0.368. The minimum atomic E-state index is -0.589. The van der Waals surface area contributed by atoms with Crippen molar-refractivity contribution in [1.82, 2.24) is 4.98 Å². The number of amides is 1. The Balaban J connectivity index is 2.05. The maximum atomic E-state index is 14.0. The van der Waals surface area contributed by atoms with Gasteiger partial charge >= 0.3 is 0 Å². The molecule has 1 aliphatic rings. The molecule has 0 saturated carbocycles. The standard InChI is InChI=1S/C17H16ClFN2O2/c1-2-23-17-12(16(20)22)5-6-15(21-17)11-4-3-10-13(11)7-9(18)8-14(10)19/h5-8,11H,2-4H2,1H3,(H2,20,22)/t11-/m1/s1. The molecule has 23 heavy (non-hydrogen) atoms. The summed E-state index contributed by atoms with van der Waals surface area (Å²) in [5.74, 6) is -0.727. The lowest BCUT2D eigenvalue weighted by Gasteiger charge is -2.14. The SMILES string of the molecule is CCOc1nc([C@@H]2CCc3c(F)cc(Cl)cc32)ccc1C(N)=O. The van der Waals surface area contributed by atoms with Crippen LogP contribution in [-0.4, -0.2) is 17.5 Å². The number of nitrogens with zero attached hydrogens (tertiary/aromatic N) is 1. The molecule has 0 spiro atoms. The number of pyridine rings is 1. The number of carbonyl (C=O) groups is 1. The maximum Gasteiger partial charge on any atom is 0.254 e. The number of rotatable bonds is 4. The van der Waals surface area contributed by atoms with Gasteiger partial charge in [-0.05, 0) is 55.2 Å². The molecule has 0 aliphatic heterocycles. The summed E-state index contributed by atoms with van der Waals surface area (Å²) in [5.41, 5.74) is 7.82. The summed E-state index contributed by atoms with van der Waals surface area (Å²) in [7, 11) is 0. The van der Waals surface area contributed by atoms with Crippen molar-refractivity contribution in [2.45, 2.75) is 25.7 Å². The number of halogens is 2. The number of hydrogen-bond acceptors (Lipinski definition) is 3. The summed E-state index contributed by atoms with van der Waals surface area (Å²) in [6, 6.07) is 6.45. The fourth-order valence-electron chi connectivity index (χ4n) is 3.03. The minimum Gasteiger partial charge on any atom is -0.477 e. The van der Waals surface area contributed by atoms with Crippen molar-refractivity contribution in [3.8, 4) is 5.88 Å². The van der Waals surface area contributed by atoms with E-state index in [1.165, 1.54) is 6.07 Å². The van der Waals surface area contributed by atoms with Gasteiger partial charge in [0.1, 0.15) is 11.4 Å². The lowest BCUT2D eigenvalue weighted by molar-refractivity contribution is 0.0995. The number of ether oxygens (including phenoxy) is 1. The maximum absolute atomic E-state index is 14.0. The minimum absolute atomic E-state index is 0.0701. The first-order valence-corrected chi connectivity index (χ1v) is 7.80. The van der Waals surface area contributed by atoms with E-state index in [0.29, 0.717) is 23.6 Å². The highest BCUT2D eigenvalue weighted by molar-refractivity contribution is 6.30. The van der Waals surface area contributed by atoms with E-state index in [4.69, 9.17) is 22.1 Å². The van der Waals surface area contributed by atoms with Gasteiger partial charge in [-0.2, -0.15) is 0 Å². The Labute approximate surface area is 138 Å². The van der Waals surface area contributed by atoms with Gasteiger partial charge in [0.2, 0.25) is 5.88 Å². The molecule has 3 rings (SSSR count). The van der Waals surface area contributed by atoms with Gasteiger partial charge in [-0.3, -0.25) is 4.79 Å². The van der Waals surface area contributed by atoms with E-state index in [9.17, 15) is 9.18 Å². The lowest BCUT2D eigenvalue weighted by atomic mass is 9.96. The Hall–Kier alpha value is -2.14. The van der Waals surface area contributed by atoms with Crippen LogP contribution >= 0.6 is 11.6 Å². The van der Waals surface area contributed by atoms with Crippen molar-refractivity contribution in [3.05, 3.63) is 57.5 Å². The molecule has 0 radical (unpaired) electrons. The zero-order chi connectivity index (χ0) is 16.6. The molecule has 1 aromatic heterocycles. The molecule has 1 aromatic carbocycles. The van der Waals surface area contributed by atoms with E-state index in [1.807, 2.05) is 0 Å². The predicted octanol–water partition coefficient (Wildman–Crippen LogP) is 3.45. The average Bonchev–Trinajstić information content (AvgIpc) is 2.91. The van der Waals surface area contributed by atoms with E-state index in [1.54, 1.807) is 25.1 Å². The first kappa shape index (κ1) is 15.7. The van der Waals surface area contributed by atoms with Crippen molar-refractivity contribution < 1.29 is 13.9 Å². The molecule has 1 aliphatic carbocycles. The van der Waals surface area contributed by atoms with E-state index in [0.717, 1.165) is 17.7 Å². The molecule has 2 N–H and O–H groups in total. The fourth-order valence-corrected chi connectivity index (χ4v) is 3.25. The summed E-state index contributed by atoms with van der Waals surface area (Å²) >= 11 is 5.98. The number of fused-ring (bicyclic) bond motifs is 1. The molecule has 2 aromatic rings. The molecule has 0 bridgehead atoms. The Morgan fingerprint density at radius 2 is 2.26 bits per heavy atom. The van der Waals surface area contributed by atoms with Crippen LogP contribution in [0.4, 0.5) is 4.39 Å². The molecule has 0 fully saturated rings. The van der Waals surface area contributed by atoms with Gasteiger partial charge in [0.25, 0.3) is 5.91 Å². The van der Waals surface area contributed by atoms with Crippen LogP contribution in [0.5, 0.6) is 5.88 Å². The third kappa shape index (κ3) is 2.88. The Morgan fingerprint density at radius 3 is 2.96 bits per heavy atom. The molecule has 6 heteroatoms. The number of hydrogen-bond donors (Lipinski definition) is 1. The van der Waals surface area contributed by atoms with E-state index >= 15 is 0 Å². The first-order chi connectivity index (χ1) is 11.0. The third-order valence-corrected chi connectivity index (χ3v) is 4.26. The molecule has 4 nitrogen and oxygen atoms in total. The Bertz CT molecular complexity index is 779. The first-order valence-electron chi connectivity index (χ1n) is 7.42. The molecule has 1 heterocycles. The van der Waals surface area contributed by atoms with Crippen LogP contribution in [0.3, 0.4) is 0 Å². The van der Waals surface area contributed by atoms with Crippen molar-refractivity contribution in [1.29, 1.82) is 0 Å². The Morgan fingerprint density at radius 1 is 1.48 bits per heavy atom. The number of primary amides is 1. The van der Waals surface area contributed by atoms with E-state index in [2.05, 4.69) is 4.98 Å². The van der Waals surface area contributed by atoms with Gasteiger partial charge in [-0.1, -0.05) is 11.6 Å². The molecular formula is C17H16ClFN2O2. The van der Waals surface area contributed by atoms with Gasteiger partial charge in [-0.25, -0.2) is 9.37 Å². The van der Waals surface area contributed by atoms with Gasteiger partial charge < -0.3 is 10.5 Å². The normalized spacial score (nSPS) is 16.2. The highest BCUT2D eigenvalue weighted by Crippen LogP contribution is 2.40. The molecule has 120 valence electrons. The number of carbonyl (C=O) groups excluding carboxylic acids is 1. The second kappa shape index (κ2) is 6.16. The predicted molar refractivity (Wildman–Crippen MR) is 85.5 cm³/mol. The molecular weight excluding hydrogens is 319 g/mol. The van der Waals surface area contributed by atoms with Gasteiger partial charge in [0.15, 0.2) is 0 Å². The lowest BCUT2D eigenvalue weighted by Crippen LogP contribution is -2.15. The largest absolute Gasteiger partial charge is 0.477 e. The van der Waals surface area contributed by atoms with Crippen LogP contribution in [0.25, 0.3) is 0 Å². The number of nitrogens with two attached hydrogens (primary N) is 1. The summed E-state index contributed by atoms with van der Waals surface area (Å²) in [6.07, 6.45) is 1.37. The van der Waals surface area contributed by atoms with Crippen LogP contribution in [-0.2, 0) is 6.42 Å². The Kier molecular flexibility index (Phi) is 4.22. The monoisotopic (exact) mass is 334 g/mol. The fraction of sp³-hybridized carbons (Fsp3) is 0.294. The quantitative estimate of drug-likeness (QED) is 0.931. The second-order valence-corrected chi connectivity index (χ2v) is 5.87. The van der Waals surface area contributed by atoms with Crippen LogP contribution in [0, 0.1) is 5.82 Å². The van der Waals surface area contributed by atoms with Crippen LogP contribution in [0.1, 0.15) is 46.4 Å². The second-order valence-electron chi connectivity index (χ2n) is 5.43. The number of benzene rings is 1. The average molecular weight is 335 g/mol. The van der Waals surface area contributed by atoms with Gasteiger partial charge in [0.05, 0.1) is 12.3 Å². The summed E-state index contributed by atoms with van der Waals surface area (Å²) in [6.45, 7) is 2.18. The van der Waals surface area contributed by atoms with Crippen LogP contribution in [0.15, 0.2) is 24.3 Å². The molecule has 1 atom stereocenters. The van der Waals surface area contributed by atoms with Crippen molar-refractivity contribution in [3.63, 3.8) is 0 Å². The zero-order valence-electron chi connectivity index (χ0n) is 12.6. The van der Waals surface area contributed by atoms with Gasteiger partial charge in [-0.15, -0.1) is 0 Å². The highest BCUT2D eigenvalue weighted by Gasteiger charge is 2.29. The van der Waals surface area contributed by atoms with Gasteiger partial charge in [0, 0.05) is 10.9 Å². The van der Waals surface area contributed by atoms with E-state index in [-0.39, 0.29) is 23.2 Å². The number of aromatic nitrogens is 1.